The van der Waals surface area contributed by atoms with Crippen LogP contribution in [0.25, 0.3) is 0 Å². The largest absolute Gasteiger partial charge is 0.378 e. The maximum Gasteiger partial charge on any atom is 0.0662 e. The van der Waals surface area contributed by atoms with Gasteiger partial charge in [-0.25, -0.2) is 0 Å². The lowest BCUT2D eigenvalue weighted by Gasteiger charge is -2.60. The van der Waals surface area contributed by atoms with Gasteiger partial charge in [-0.2, -0.15) is 0 Å². The Hall–Kier alpha value is -0.380. The molecule has 0 spiro atoms. The van der Waals surface area contributed by atoms with Crippen LogP contribution >= 0.6 is 0 Å². The van der Waals surface area contributed by atoms with Crippen molar-refractivity contribution in [3.05, 3.63) is 12.2 Å². The fraction of sp³-hybridized carbons (Fsp3) is 0.867. The molecule has 1 fully saturated rings. The predicted octanol–water partition coefficient (Wildman–Crippen LogP) is 2.42. The van der Waals surface area contributed by atoms with Crippen LogP contribution in [-0.2, 0) is 4.74 Å². The molecule has 3 heteroatoms. The molecular weight excluding hydrogens is 224 g/mol. The molecule has 18 heavy (non-hydrogen) atoms. The minimum absolute atomic E-state index is 0.0471. The summed E-state index contributed by atoms with van der Waals surface area (Å²) in [6, 6.07) is 0. The maximum absolute atomic E-state index is 6.60. The van der Waals surface area contributed by atoms with E-state index in [-0.39, 0.29) is 11.0 Å². The zero-order valence-corrected chi connectivity index (χ0v) is 12.8. The Morgan fingerprint density at radius 2 is 2.06 bits per heavy atom. The first-order valence-corrected chi connectivity index (χ1v) is 7.04. The van der Waals surface area contributed by atoms with Crippen molar-refractivity contribution in [2.45, 2.75) is 52.7 Å². The van der Waals surface area contributed by atoms with E-state index in [0.29, 0.717) is 6.10 Å². The lowest BCUT2D eigenvalue weighted by atomic mass is 9.54. The van der Waals surface area contributed by atoms with Crippen molar-refractivity contribution in [1.29, 1.82) is 0 Å². The zero-order valence-electron chi connectivity index (χ0n) is 12.8. The van der Waals surface area contributed by atoms with E-state index < -0.39 is 0 Å². The smallest absolute Gasteiger partial charge is 0.0662 e. The SMILES string of the molecule is C=C(C)CN(CC)CC1(N)CC(OCC)C1(C)C. The summed E-state index contributed by atoms with van der Waals surface area (Å²) >= 11 is 0. The first kappa shape index (κ1) is 15.7. The summed E-state index contributed by atoms with van der Waals surface area (Å²) in [5.41, 5.74) is 7.70. The van der Waals surface area contributed by atoms with Crippen LogP contribution in [0.1, 0.15) is 41.0 Å². The highest BCUT2D eigenvalue weighted by Crippen LogP contribution is 2.50. The van der Waals surface area contributed by atoms with Crippen LogP contribution in [0.15, 0.2) is 12.2 Å². The summed E-state index contributed by atoms with van der Waals surface area (Å²) in [5, 5.41) is 0. The van der Waals surface area contributed by atoms with Gasteiger partial charge in [0.05, 0.1) is 6.10 Å². The first-order valence-electron chi connectivity index (χ1n) is 7.04. The molecule has 0 saturated heterocycles. The molecule has 0 amide bonds. The normalized spacial score (nSPS) is 30.3. The molecule has 1 aliphatic rings. The Kier molecular flexibility index (Phi) is 4.98. The second-order valence-corrected chi connectivity index (χ2v) is 6.29. The lowest BCUT2D eigenvalue weighted by Crippen LogP contribution is -2.73. The van der Waals surface area contributed by atoms with Crippen LogP contribution in [0.3, 0.4) is 0 Å². The van der Waals surface area contributed by atoms with Gasteiger partial charge >= 0.3 is 0 Å². The van der Waals surface area contributed by atoms with Gasteiger partial charge in [-0.3, -0.25) is 4.90 Å². The van der Waals surface area contributed by atoms with E-state index in [1.807, 2.05) is 6.92 Å². The number of nitrogens with zero attached hydrogens (tertiary/aromatic N) is 1. The van der Waals surface area contributed by atoms with Crippen LogP contribution in [0, 0.1) is 5.41 Å². The van der Waals surface area contributed by atoms with Crippen molar-refractivity contribution in [1.82, 2.24) is 4.90 Å². The molecule has 1 aliphatic carbocycles. The fourth-order valence-electron chi connectivity index (χ4n) is 2.84. The number of hydrogen-bond donors (Lipinski definition) is 1. The third-order valence-corrected chi connectivity index (χ3v) is 4.45. The third kappa shape index (κ3) is 2.95. The Morgan fingerprint density at radius 3 is 2.44 bits per heavy atom. The Morgan fingerprint density at radius 1 is 1.44 bits per heavy atom. The molecule has 1 rings (SSSR count). The lowest BCUT2D eigenvalue weighted by molar-refractivity contribution is -0.155. The summed E-state index contributed by atoms with van der Waals surface area (Å²) in [6.07, 6.45) is 1.26. The third-order valence-electron chi connectivity index (χ3n) is 4.45. The van der Waals surface area contributed by atoms with Gasteiger partial charge in [-0.1, -0.05) is 32.9 Å². The quantitative estimate of drug-likeness (QED) is 0.709. The fourth-order valence-corrected chi connectivity index (χ4v) is 2.84. The molecule has 0 radical (unpaired) electrons. The van der Waals surface area contributed by atoms with Gasteiger partial charge in [0.25, 0.3) is 0 Å². The minimum Gasteiger partial charge on any atom is -0.378 e. The average Bonchev–Trinajstić information content (AvgIpc) is 2.27. The standard InChI is InChI=1S/C15H30N2O/c1-7-17(10-12(3)4)11-15(16)9-13(18-8-2)14(15,5)6/h13H,3,7-11,16H2,1-2,4-6H3. The van der Waals surface area contributed by atoms with Crippen LogP contribution in [-0.4, -0.2) is 42.8 Å². The second-order valence-electron chi connectivity index (χ2n) is 6.29. The van der Waals surface area contributed by atoms with Crippen molar-refractivity contribution in [3.8, 4) is 0 Å². The second kappa shape index (κ2) is 5.72. The van der Waals surface area contributed by atoms with E-state index in [2.05, 4.69) is 39.2 Å². The number of nitrogens with two attached hydrogens (primary N) is 1. The van der Waals surface area contributed by atoms with Crippen LogP contribution in [0.2, 0.25) is 0 Å². The van der Waals surface area contributed by atoms with Crippen LogP contribution in [0.4, 0.5) is 0 Å². The summed E-state index contributed by atoms with van der Waals surface area (Å²) in [4.78, 5) is 2.38. The van der Waals surface area contributed by atoms with Gasteiger partial charge in [0, 0.05) is 30.7 Å². The van der Waals surface area contributed by atoms with E-state index in [0.717, 1.165) is 32.7 Å². The van der Waals surface area contributed by atoms with Gasteiger partial charge < -0.3 is 10.5 Å². The van der Waals surface area contributed by atoms with Gasteiger partial charge in [0.1, 0.15) is 0 Å². The summed E-state index contributed by atoms with van der Waals surface area (Å²) in [6.45, 7) is 18.4. The van der Waals surface area contributed by atoms with E-state index in [1.165, 1.54) is 5.57 Å². The summed E-state index contributed by atoms with van der Waals surface area (Å²) in [7, 11) is 0. The van der Waals surface area contributed by atoms with Crippen LogP contribution < -0.4 is 5.73 Å². The highest BCUT2D eigenvalue weighted by atomic mass is 16.5. The number of rotatable bonds is 7. The van der Waals surface area contributed by atoms with E-state index >= 15 is 0 Å². The topological polar surface area (TPSA) is 38.5 Å². The van der Waals surface area contributed by atoms with Crippen molar-refractivity contribution in [2.75, 3.05) is 26.2 Å². The van der Waals surface area contributed by atoms with Gasteiger partial charge in [0.15, 0.2) is 0 Å². The molecule has 0 aromatic heterocycles. The van der Waals surface area contributed by atoms with Crippen LogP contribution in [0.5, 0.6) is 0 Å². The van der Waals surface area contributed by atoms with Crippen molar-refractivity contribution >= 4 is 0 Å². The van der Waals surface area contributed by atoms with Crippen molar-refractivity contribution in [3.63, 3.8) is 0 Å². The maximum atomic E-state index is 6.60. The highest BCUT2D eigenvalue weighted by molar-refractivity contribution is 5.15. The van der Waals surface area contributed by atoms with E-state index in [4.69, 9.17) is 10.5 Å². The molecule has 0 heterocycles. The molecule has 0 aromatic rings. The van der Waals surface area contributed by atoms with Gasteiger partial charge in [0.2, 0.25) is 0 Å². The predicted molar refractivity (Wildman–Crippen MR) is 77.7 cm³/mol. The number of likely N-dealkylation sites (N-methyl/N-ethyl adjacent to an activating group) is 1. The number of ether oxygens (including phenoxy) is 1. The van der Waals surface area contributed by atoms with Gasteiger partial charge in [-0.05, 0) is 26.8 Å². The molecule has 2 unspecified atom stereocenters. The zero-order chi connectivity index (χ0) is 14.0. The Bertz CT molecular complexity index is 301. The molecule has 0 aliphatic heterocycles. The monoisotopic (exact) mass is 254 g/mol. The first-order chi connectivity index (χ1) is 8.26. The van der Waals surface area contributed by atoms with E-state index in [9.17, 15) is 0 Å². The molecule has 3 nitrogen and oxygen atoms in total. The van der Waals surface area contributed by atoms with Gasteiger partial charge in [-0.15, -0.1) is 0 Å². The molecular formula is C15H30N2O. The summed E-state index contributed by atoms with van der Waals surface area (Å²) in [5.74, 6) is 0. The molecule has 106 valence electrons. The molecule has 1 saturated carbocycles. The van der Waals surface area contributed by atoms with Crippen molar-refractivity contribution < 1.29 is 4.74 Å². The average molecular weight is 254 g/mol. The molecule has 0 bridgehead atoms. The minimum atomic E-state index is -0.141. The van der Waals surface area contributed by atoms with E-state index in [1.54, 1.807) is 0 Å². The van der Waals surface area contributed by atoms with Crippen molar-refractivity contribution in [2.24, 2.45) is 11.1 Å². The molecule has 0 aromatic carbocycles. The highest BCUT2D eigenvalue weighted by Gasteiger charge is 2.58. The molecule has 2 atom stereocenters. The Balaban J connectivity index is 2.63. The summed E-state index contributed by atoms with van der Waals surface area (Å²) < 4.78 is 5.77. The Labute approximate surface area is 112 Å². The molecule has 2 N–H and O–H groups in total. The number of hydrogen-bond acceptors (Lipinski definition) is 3.